The molecular weight excluding hydrogens is 436 g/mol. The molecule has 32 heavy (non-hydrogen) atoms. The number of hydrogen-bond donors (Lipinski definition) is 2. The summed E-state index contributed by atoms with van der Waals surface area (Å²) in [7, 11) is 0. The van der Waals surface area contributed by atoms with Gasteiger partial charge in [-0.2, -0.15) is 20.5 Å². The number of thioether (sulfide) groups is 1. The second-order valence-corrected chi connectivity index (χ2v) is 9.46. The lowest BCUT2D eigenvalue weighted by Crippen LogP contribution is -2.37. The molecule has 1 atom stereocenters. The molecule has 8 heteroatoms. The fourth-order valence-electron chi connectivity index (χ4n) is 3.68. The molecule has 0 bridgehead atoms. The maximum absolute atomic E-state index is 13.9. The van der Waals surface area contributed by atoms with Crippen LogP contribution in [0.4, 0.5) is 8.78 Å². The molecule has 1 aromatic carbocycles. The molecule has 1 aliphatic rings. The number of likely N-dealkylation sites (tertiary alicyclic amines) is 1. The summed E-state index contributed by atoms with van der Waals surface area (Å²) in [5.41, 5.74) is 1.97. The van der Waals surface area contributed by atoms with Gasteiger partial charge >= 0.3 is 11.9 Å². The van der Waals surface area contributed by atoms with Crippen molar-refractivity contribution in [3.63, 3.8) is 0 Å². The van der Waals surface area contributed by atoms with Crippen LogP contribution in [0.3, 0.4) is 0 Å². The van der Waals surface area contributed by atoms with E-state index in [0.717, 1.165) is 43.2 Å². The number of carbonyl (C=O) groups excluding carboxylic acids is 1. The number of benzene rings is 1. The lowest BCUT2D eigenvalue weighted by molar-refractivity contribution is -0.147. The summed E-state index contributed by atoms with van der Waals surface area (Å²) < 4.78 is 27.9. The molecule has 178 valence electrons. The highest BCUT2D eigenvalue weighted by Gasteiger charge is 2.52. The van der Waals surface area contributed by atoms with Gasteiger partial charge in [-0.15, -0.1) is 0 Å². The van der Waals surface area contributed by atoms with E-state index in [-0.39, 0.29) is 13.0 Å². The first-order valence-electron chi connectivity index (χ1n) is 11.1. The van der Waals surface area contributed by atoms with Gasteiger partial charge in [-0.1, -0.05) is 30.7 Å². The van der Waals surface area contributed by atoms with Gasteiger partial charge in [0.15, 0.2) is 0 Å². The molecule has 0 aliphatic carbocycles. The summed E-state index contributed by atoms with van der Waals surface area (Å²) in [6, 6.07) is 5.14. The fraction of sp³-hybridized carbons (Fsp3) is 0.583. The number of alkyl halides is 2. The van der Waals surface area contributed by atoms with Crippen molar-refractivity contribution in [2.45, 2.75) is 70.3 Å². The molecule has 0 aromatic heterocycles. The van der Waals surface area contributed by atoms with Gasteiger partial charge in [0.05, 0.1) is 6.04 Å². The zero-order chi connectivity index (χ0) is 23.6. The minimum Gasteiger partial charge on any atom is -0.508 e. The summed E-state index contributed by atoms with van der Waals surface area (Å²) in [6.45, 7) is 2.10. The Hall–Kier alpha value is -2.09. The van der Waals surface area contributed by atoms with Gasteiger partial charge in [-0.05, 0) is 62.0 Å². The van der Waals surface area contributed by atoms with Crippen molar-refractivity contribution >= 4 is 23.6 Å². The number of aromatic hydroxyl groups is 1. The van der Waals surface area contributed by atoms with Gasteiger partial charge in [-0.3, -0.25) is 9.59 Å². The number of carboxylic acids is 1. The summed E-state index contributed by atoms with van der Waals surface area (Å²) in [5, 5.41) is 18.4. The summed E-state index contributed by atoms with van der Waals surface area (Å²) >= 11 is 1.48. The highest BCUT2D eigenvalue weighted by Crippen LogP contribution is 2.34. The van der Waals surface area contributed by atoms with Crippen LogP contribution in [0, 0.1) is 6.92 Å². The van der Waals surface area contributed by atoms with Gasteiger partial charge in [0.25, 0.3) is 5.91 Å². The van der Waals surface area contributed by atoms with Crippen LogP contribution in [-0.4, -0.2) is 57.0 Å². The van der Waals surface area contributed by atoms with Crippen LogP contribution in [0.1, 0.15) is 56.1 Å². The number of aryl methyl sites for hydroxylation is 2. The Bertz CT molecular complexity index is 800. The molecule has 2 N–H and O–H groups in total. The number of allylic oxidation sites excluding steroid dienone is 1. The van der Waals surface area contributed by atoms with Crippen LogP contribution in [-0.2, 0) is 16.0 Å². The predicted octanol–water partition coefficient (Wildman–Crippen LogP) is 5.19. The first kappa shape index (κ1) is 26.2. The van der Waals surface area contributed by atoms with Crippen molar-refractivity contribution in [3.05, 3.63) is 41.5 Å². The second kappa shape index (κ2) is 12.8. The quantitative estimate of drug-likeness (QED) is 0.289. The Morgan fingerprint density at radius 2 is 2.03 bits per heavy atom. The highest BCUT2D eigenvalue weighted by atomic mass is 32.2. The first-order valence-corrected chi connectivity index (χ1v) is 12.3. The van der Waals surface area contributed by atoms with E-state index in [0.29, 0.717) is 23.7 Å². The van der Waals surface area contributed by atoms with E-state index in [4.69, 9.17) is 5.11 Å². The molecule has 1 saturated heterocycles. The predicted molar refractivity (Wildman–Crippen MR) is 123 cm³/mol. The lowest BCUT2D eigenvalue weighted by Gasteiger charge is -2.21. The van der Waals surface area contributed by atoms with Gasteiger partial charge < -0.3 is 15.1 Å². The topological polar surface area (TPSA) is 77.8 Å². The van der Waals surface area contributed by atoms with E-state index in [1.165, 1.54) is 16.7 Å². The normalized spacial score (nSPS) is 18.0. The fourth-order valence-corrected chi connectivity index (χ4v) is 4.56. The minimum atomic E-state index is -3.32. The van der Waals surface area contributed by atoms with E-state index in [1.54, 1.807) is 12.1 Å². The Kier molecular flexibility index (Phi) is 10.5. The van der Waals surface area contributed by atoms with Gasteiger partial charge in [-0.25, -0.2) is 0 Å². The maximum atomic E-state index is 13.9. The molecule has 1 unspecified atom stereocenters. The second-order valence-electron chi connectivity index (χ2n) is 8.23. The highest BCUT2D eigenvalue weighted by molar-refractivity contribution is 7.99. The van der Waals surface area contributed by atoms with Crippen LogP contribution in [0.2, 0.25) is 0 Å². The lowest BCUT2D eigenvalue weighted by atomic mass is 10.0. The Labute approximate surface area is 192 Å². The number of unbranched alkanes of at least 4 members (excludes halogenated alkanes) is 3. The largest absolute Gasteiger partial charge is 0.508 e. The molecular formula is C24H33F2NO4S. The van der Waals surface area contributed by atoms with Crippen LogP contribution < -0.4 is 0 Å². The number of carboxylic acid groups (broad SMARTS) is 1. The van der Waals surface area contributed by atoms with Crippen LogP contribution >= 0.6 is 11.8 Å². The van der Waals surface area contributed by atoms with Crippen LogP contribution in [0.25, 0.3) is 0 Å². The summed E-state index contributed by atoms with van der Waals surface area (Å²) in [4.78, 5) is 23.8. The smallest absolute Gasteiger partial charge is 0.327 e. The maximum Gasteiger partial charge on any atom is 0.327 e. The standard InChI is InChI=1S/C24H33F2NO4S/c1-18-11-12-19(16-21(18)28)8-5-3-2-4-6-9-20-17-24(25,26)23(31)27(20)13-15-32-14-7-10-22(29)30/h6,9,11-12,16,20,28H,2-5,7-8,10,13-15,17H2,1H3,(H,29,30)/b9-6+. The van der Waals surface area contributed by atoms with E-state index >= 15 is 0 Å². The molecule has 1 heterocycles. The molecule has 1 aromatic rings. The number of aliphatic carboxylic acids is 1. The van der Waals surface area contributed by atoms with Crippen molar-refractivity contribution in [2.75, 3.05) is 18.1 Å². The molecule has 0 radical (unpaired) electrons. The van der Waals surface area contributed by atoms with Crippen molar-refractivity contribution < 1.29 is 28.6 Å². The molecule has 0 saturated carbocycles. The number of phenols is 1. The van der Waals surface area contributed by atoms with E-state index in [9.17, 15) is 23.5 Å². The van der Waals surface area contributed by atoms with Gasteiger partial charge in [0.2, 0.25) is 0 Å². The monoisotopic (exact) mass is 469 g/mol. The first-order chi connectivity index (χ1) is 15.2. The molecule has 0 spiro atoms. The summed E-state index contributed by atoms with van der Waals surface area (Å²) in [5.74, 6) is -3.81. The minimum absolute atomic E-state index is 0.0899. The third-order valence-corrected chi connectivity index (χ3v) is 6.61. The number of amides is 1. The molecule has 1 aliphatic heterocycles. The van der Waals surface area contributed by atoms with Crippen LogP contribution in [0.15, 0.2) is 30.4 Å². The zero-order valence-electron chi connectivity index (χ0n) is 18.6. The van der Waals surface area contributed by atoms with Crippen molar-refractivity contribution in [2.24, 2.45) is 0 Å². The number of nitrogens with zero attached hydrogens (tertiary/aromatic N) is 1. The molecule has 1 amide bonds. The molecule has 5 nitrogen and oxygen atoms in total. The zero-order valence-corrected chi connectivity index (χ0v) is 19.4. The Morgan fingerprint density at radius 3 is 2.75 bits per heavy atom. The SMILES string of the molecule is Cc1ccc(CCCCC/C=C/C2CC(F)(F)C(=O)N2CCSCCCC(=O)O)cc1O. The van der Waals surface area contributed by atoms with Crippen molar-refractivity contribution in [1.82, 2.24) is 4.90 Å². The number of carbonyl (C=O) groups is 2. The van der Waals surface area contributed by atoms with Crippen molar-refractivity contribution in [3.8, 4) is 5.75 Å². The van der Waals surface area contributed by atoms with E-state index in [2.05, 4.69) is 0 Å². The average molecular weight is 470 g/mol. The number of phenolic OH excluding ortho intramolecular Hbond substituents is 1. The molecule has 2 rings (SSSR count). The van der Waals surface area contributed by atoms with Crippen LogP contribution in [0.5, 0.6) is 5.75 Å². The Balaban J connectivity index is 1.69. The van der Waals surface area contributed by atoms with E-state index < -0.39 is 30.3 Å². The third kappa shape index (κ3) is 8.45. The van der Waals surface area contributed by atoms with E-state index in [1.807, 2.05) is 25.1 Å². The third-order valence-electron chi connectivity index (χ3n) is 5.56. The summed E-state index contributed by atoms with van der Waals surface area (Å²) in [6.07, 6.45) is 8.33. The van der Waals surface area contributed by atoms with Gasteiger partial charge in [0.1, 0.15) is 5.75 Å². The number of rotatable bonds is 14. The number of hydrogen-bond acceptors (Lipinski definition) is 4. The molecule has 1 fully saturated rings. The van der Waals surface area contributed by atoms with Gasteiger partial charge in [0, 0.05) is 25.1 Å². The average Bonchev–Trinajstić information content (AvgIpc) is 2.94. The van der Waals surface area contributed by atoms with Crippen molar-refractivity contribution in [1.29, 1.82) is 0 Å². The Morgan fingerprint density at radius 1 is 1.25 bits per heavy atom. The number of halogens is 2.